The molecule has 0 bridgehead atoms. The topological polar surface area (TPSA) is 94.1 Å². The number of phosphoric ester groups is 1. The van der Waals surface area contributed by atoms with Crippen molar-refractivity contribution in [1.82, 2.24) is 5.32 Å². The normalized spacial score (nSPS) is 28.2. The van der Waals surface area contributed by atoms with Gasteiger partial charge in [0.25, 0.3) is 0 Å². The smallest absolute Gasteiger partial charge is 0.449 e. The van der Waals surface area contributed by atoms with Gasteiger partial charge in [0.15, 0.2) is 0 Å². The molecule has 1 saturated carbocycles. The van der Waals surface area contributed by atoms with Gasteiger partial charge in [-0.3, -0.25) is 9.05 Å². The van der Waals surface area contributed by atoms with Gasteiger partial charge in [0.2, 0.25) is 0 Å². The first-order valence-corrected chi connectivity index (χ1v) is 9.42. The van der Waals surface area contributed by atoms with E-state index >= 15 is 0 Å². The van der Waals surface area contributed by atoms with Gasteiger partial charge in [0.05, 0.1) is 13.2 Å². The fraction of sp³-hybridized carbons (Fsp3) is 0.800. The summed E-state index contributed by atoms with van der Waals surface area (Å²) in [5.41, 5.74) is 0. The maximum absolute atomic E-state index is 11.6. The van der Waals surface area contributed by atoms with E-state index < -0.39 is 13.9 Å². The lowest BCUT2D eigenvalue weighted by Gasteiger charge is -2.09. The fourth-order valence-electron chi connectivity index (χ4n) is 3.00. The highest BCUT2D eigenvalue weighted by molar-refractivity contribution is 7.47. The van der Waals surface area contributed by atoms with Crippen LogP contribution in [-0.4, -0.2) is 37.9 Å². The van der Waals surface area contributed by atoms with Gasteiger partial charge in [-0.25, -0.2) is 9.36 Å². The molecule has 8 heteroatoms. The number of ether oxygens (including phenoxy) is 1. The first-order chi connectivity index (χ1) is 11.0. The number of carbonyl (C=O) groups is 1. The zero-order chi connectivity index (χ0) is 16.7. The molecule has 0 saturated heterocycles. The number of alkyl carbamates (subject to hydrolysis) is 1. The summed E-state index contributed by atoms with van der Waals surface area (Å²) < 4.78 is 25.2. The summed E-state index contributed by atoms with van der Waals surface area (Å²) in [6.07, 6.45) is 4.03. The Morgan fingerprint density at radius 1 is 1.30 bits per heavy atom. The number of hydrogen-bond acceptors (Lipinski definition) is 5. The second kappa shape index (κ2) is 8.70. The largest absolute Gasteiger partial charge is 0.471 e. The molecular formula is C15H24NO6P. The summed E-state index contributed by atoms with van der Waals surface area (Å²) in [6, 6.07) is 0. The second-order valence-corrected chi connectivity index (χ2v) is 7.35. The van der Waals surface area contributed by atoms with Crippen LogP contribution in [0.25, 0.3) is 0 Å². The first-order valence-electron chi connectivity index (χ1n) is 7.93. The molecule has 0 heterocycles. The minimum Gasteiger partial charge on any atom is -0.449 e. The Bertz CT molecular complexity index is 496. The third-order valence-electron chi connectivity index (χ3n) is 4.32. The van der Waals surface area contributed by atoms with Crippen molar-refractivity contribution in [2.45, 2.75) is 32.1 Å². The number of phosphoric acid groups is 1. The Morgan fingerprint density at radius 3 is 2.57 bits per heavy atom. The molecule has 7 nitrogen and oxygen atoms in total. The highest BCUT2D eigenvalue weighted by Gasteiger charge is 2.49. The molecule has 0 aliphatic heterocycles. The average Bonchev–Trinajstić information content (AvgIpc) is 3.14. The zero-order valence-electron chi connectivity index (χ0n) is 13.3. The summed E-state index contributed by atoms with van der Waals surface area (Å²) in [4.78, 5) is 20.6. The highest BCUT2D eigenvalue weighted by Crippen LogP contribution is 2.52. The van der Waals surface area contributed by atoms with E-state index in [-0.39, 0.29) is 6.61 Å². The monoisotopic (exact) mass is 345 g/mol. The summed E-state index contributed by atoms with van der Waals surface area (Å²) in [5, 5.41) is 2.60. The SMILES string of the molecule is COP(=O)(O)OCCCNC(=O)OCC1C2CCC#CCCC21. The van der Waals surface area contributed by atoms with E-state index in [9.17, 15) is 9.36 Å². The van der Waals surface area contributed by atoms with Crippen molar-refractivity contribution in [3.05, 3.63) is 0 Å². The Labute approximate surface area is 136 Å². The highest BCUT2D eigenvalue weighted by atomic mass is 31.2. The molecule has 2 rings (SSSR count). The number of fused-ring (bicyclic) bond motifs is 1. The van der Waals surface area contributed by atoms with Crippen LogP contribution in [0.15, 0.2) is 0 Å². The minimum absolute atomic E-state index is 0.0225. The molecule has 1 fully saturated rings. The number of nitrogens with one attached hydrogen (secondary N) is 1. The van der Waals surface area contributed by atoms with E-state index in [2.05, 4.69) is 26.2 Å². The fourth-order valence-corrected chi connectivity index (χ4v) is 3.47. The number of amides is 1. The predicted molar refractivity (Wildman–Crippen MR) is 83.5 cm³/mol. The summed E-state index contributed by atoms with van der Waals surface area (Å²) in [6.45, 7) is 0.787. The van der Waals surface area contributed by atoms with E-state index in [1.807, 2.05) is 0 Å². The van der Waals surface area contributed by atoms with Crippen molar-refractivity contribution in [2.75, 3.05) is 26.9 Å². The number of carbonyl (C=O) groups excluding carboxylic acids is 1. The van der Waals surface area contributed by atoms with Gasteiger partial charge in [-0.15, -0.1) is 11.8 Å². The van der Waals surface area contributed by atoms with E-state index in [1.165, 1.54) is 0 Å². The molecule has 2 N–H and O–H groups in total. The zero-order valence-corrected chi connectivity index (χ0v) is 14.2. The number of rotatable bonds is 8. The molecule has 0 aromatic rings. The van der Waals surface area contributed by atoms with Crippen molar-refractivity contribution in [2.24, 2.45) is 17.8 Å². The molecule has 3 atom stereocenters. The standard InChI is InChI=1S/C15H24NO6P/c1-20-23(18,19)22-10-6-9-16-15(17)21-11-14-12-7-4-2-3-5-8-13(12)14/h12-14H,4-11H2,1H3,(H,16,17)(H,18,19). The van der Waals surface area contributed by atoms with Gasteiger partial charge < -0.3 is 14.9 Å². The maximum Gasteiger partial charge on any atom is 0.471 e. The Morgan fingerprint density at radius 2 is 1.96 bits per heavy atom. The van der Waals surface area contributed by atoms with Crippen LogP contribution in [-0.2, 0) is 18.3 Å². The first kappa shape index (κ1) is 18.3. The van der Waals surface area contributed by atoms with Crippen LogP contribution < -0.4 is 5.32 Å². The van der Waals surface area contributed by atoms with Crippen LogP contribution in [0.3, 0.4) is 0 Å². The summed E-state index contributed by atoms with van der Waals surface area (Å²) in [5.74, 6) is 8.08. The van der Waals surface area contributed by atoms with E-state index in [0.717, 1.165) is 32.8 Å². The van der Waals surface area contributed by atoms with Gasteiger partial charge in [0, 0.05) is 26.5 Å². The minimum atomic E-state index is -3.93. The van der Waals surface area contributed by atoms with Crippen LogP contribution in [0.5, 0.6) is 0 Å². The number of hydrogen-bond donors (Lipinski definition) is 2. The maximum atomic E-state index is 11.6. The third kappa shape index (κ3) is 6.15. The lowest BCUT2D eigenvalue weighted by atomic mass is 10.1. The van der Waals surface area contributed by atoms with Crippen molar-refractivity contribution in [1.29, 1.82) is 0 Å². The van der Waals surface area contributed by atoms with Gasteiger partial charge in [-0.05, 0) is 37.0 Å². The summed E-state index contributed by atoms with van der Waals surface area (Å²) >= 11 is 0. The lowest BCUT2D eigenvalue weighted by molar-refractivity contribution is 0.136. The van der Waals surface area contributed by atoms with Gasteiger partial charge >= 0.3 is 13.9 Å². The average molecular weight is 345 g/mol. The van der Waals surface area contributed by atoms with Crippen LogP contribution in [0.4, 0.5) is 4.79 Å². The predicted octanol–water partition coefficient (Wildman–Crippen LogP) is 2.31. The quantitative estimate of drug-likeness (QED) is 0.398. The Balaban J connectivity index is 1.52. The van der Waals surface area contributed by atoms with Gasteiger partial charge in [-0.2, -0.15) is 0 Å². The Kier molecular flexibility index (Phi) is 6.91. The Hall–Kier alpha value is -1.06. The van der Waals surface area contributed by atoms with Crippen LogP contribution in [0.1, 0.15) is 32.1 Å². The second-order valence-electron chi connectivity index (χ2n) is 5.79. The molecule has 130 valence electrons. The van der Waals surface area contributed by atoms with Gasteiger partial charge in [-0.1, -0.05) is 0 Å². The molecule has 1 amide bonds. The van der Waals surface area contributed by atoms with Crippen LogP contribution >= 0.6 is 7.82 Å². The molecule has 0 aromatic carbocycles. The molecular weight excluding hydrogens is 321 g/mol. The van der Waals surface area contributed by atoms with Crippen molar-refractivity contribution in [3.63, 3.8) is 0 Å². The molecule has 2 aliphatic carbocycles. The lowest BCUT2D eigenvalue weighted by Crippen LogP contribution is -2.26. The van der Waals surface area contributed by atoms with Crippen LogP contribution in [0.2, 0.25) is 0 Å². The molecule has 23 heavy (non-hydrogen) atoms. The van der Waals surface area contributed by atoms with Gasteiger partial charge in [0.1, 0.15) is 0 Å². The van der Waals surface area contributed by atoms with E-state index in [1.54, 1.807) is 0 Å². The van der Waals surface area contributed by atoms with E-state index in [4.69, 9.17) is 9.63 Å². The van der Waals surface area contributed by atoms with E-state index in [0.29, 0.717) is 37.3 Å². The van der Waals surface area contributed by atoms with Crippen LogP contribution in [0, 0.1) is 29.6 Å². The van der Waals surface area contributed by atoms with Crippen molar-refractivity contribution >= 4 is 13.9 Å². The molecule has 2 aliphatic rings. The third-order valence-corrected chi connectivity index (χ3v) is 5.29. The molecule has 0 radical (unpaired) electrons. The summed E-state index contributed by atoms with van der Waals surface area (Å²) in [7, 11) is -2.83. The molecule has 0 spiro atoms. The van der Waals surface area contributed by atoms with Crippen molar-refractivity contribution in [3.8, 4) is 11.8 Å². The molecule has 0 aromatic heterocycles. The van der Waals surface area contributed by atoms with Crippen molar-refractivity contribution < 1.29 is 28.0 Å². The molecule has 3 unspecified atom stereocenters.